The van der Waals surface area contributed by atoms with E-state index >= 15 is 0 Å². The zero-order valence-corrected chi connectivity index (χ0v) is 14.3. The van der Waals surface area contributed by atoms with Crippen molar-refractivity contribution < 1.29 is 4.79 Å². The first-order valence-corrected chi connectivity index (χ1v) is 8.18. The summed E-state index contributed by atoms with van der Waals surface area (Å²) in [6, 6.07) is 10.4. The summed E-state index contributed by atoms with van der Waals surface area (Å²) in [4.78, 5) is 16.9. The van der Waals surface area contributed by atoms with E-state index in [0.717, 1.165) is 32.7 Å². The molecule has 23 heavy (non-hydrogen) atoms. The highest BCUT2D eigenvalue weighted by atomic mass is 35.5. The van der Waals surface area contributed by atoms with Gasteiger partial charge in [0.05, 0.1) is 11.3 Å². The number of carbonyl (C=O) groups is 1. The molecule has 1 aromatic carbocycles. The average Bonchev–Trinajstić information content (AvgIpc) is 2.81. The van der Waals surface area contributed by atoms with E-state index in [1.807, 2.05) is 17.9 Å². The molecule has 0 saturated carbocycles. The van der Waals surface area contributed by atoms with Crippen molar-refractivity contribution in [2.45, 2.75) is 13.5 Å². The minimum atomic E-state index is -0.0139. The predicted molar refractivity (Wildman–Crippen MR) is 90.6 cm³/mol. The van der Waals surface area contributed by atoms with Crippen LogP contribution in [0.15, 0.2) is 30.3 Å². The number of aryl methyl sites for hydroxylation is 2. The Bertz CT molecular complexity index is 690. The molecule has 0 spiro atoms. The maximum Gasteiger partial charge on any atom is 0.258 e. The van der Waals surface area contributed by atoms with Crippen LogP contribution in [0.1, 0.15) is 21.6 Å². The summed E-state index contributed by atoms with van der Waals surface area (Å²) < 4.78 is 1.55. The van der Waals surface area contributed by atoms with Gasteiger partial charge in [0.25, 0.3) is 5.91 Å². The molecule has 1 saturated heterocycles. The van der Waals surface area contributed by atoms with Crippen LogP contribution in [0.4, 0.5) is 0 Å². The number of nitrogens with zero attached hydrogens (tertiary/aromatic N) is 4. The number of carbonyl (C=O) groups excluding carboxylic acids is 1. The molecule has 1 fully saturated rings. The first-order valence-electron chi connectivity index (χ1n) is 7.81. The predicted octanol–water partition coefficient (Wildman–Crippen LogP) is 2.34. The van der Waals surface area contributed by atoms with Crippen LogP contribution >= 0.6 is 11.6 Å². The van der Waals surface area contributed by atoms with Crippen LogP contribution in [-0.4, -0.2) is 51.7 Å². The lowest BCUT2D eigenvalue weighted by molar-refractivity contribution is 0.0628. The molecule has 0 unspecified atom stereocenters. The molecule has 0 bridgehead atoms. The first-order chi connectivity index (χ1) is 11.1. The standard InChI is InChI=1S/C17H21ClN4O/c1-13-15(16(18)20(2)19-13)17(23)22-10-8-21(9-11-22)12-14-6-4-3-5-7-14/h3-7H,8-12H2,1-2H3. The number of aromatic nitrogens is 2. The summed E-state index contributed by atoms with van der Waals surface area (Å²) >= 11 is 6.21. The SMILES string of the molecule is Cc1nn(C)c(Cl)c1C(=O)N1CCN(Cc2ccccc2)CC1. The van der Waals surface area contributed by atoms with E-state index in [-0.39, 0.29) is 5.91 Å². The lowest BCUT2D eigenvalue weighted by Crippen LogP contribution is -2.48. The normalized spacial score (nSPS) is 15.9. The lowest BCUT2D eigenvalue weighted by atomic mass is 10.2. The molecule has 122 valence electrons. The third kappa shape index (κ3) is 3.41. The molecule has 3 rings (SSSR count). The molecule has 1 aliphatic heterocycles. The summed E-state index contributed by atoms with van der Waals surface area (Å²) in [5, 5.41) is 4.64. The van der Waals surface area contributed by atoms with E-state index in [1.165, 1.54) is 5.56 Å². The fourth-order valence-electron chi connectivity index (χ4n) is 2.98. The van der Waals surface area contributed by atoms with Crippen molar-refractivity contribution in [2.24, 2.45) is 7.05 Å². The van der Waals surface area contributed by atoms with Crippen LogP contribution in [-0.2, 0) is 13.6 Å². The van der Waals surface area contributed by atoms with Gasteiger partial charge in [-0.15, -0.1) is 0 Å². The van der Waals surface area contributed by atoms with Crippen LogP contribution in [0.2, 0.25) is 5.15 Å². The molecule has 0 aliphatic carbocycles. The van der Waals surface area contributed by atoms with Crippen molar-refractivity contribution in [1.29, 1.82) is 0 Å². The fraction of sp³-hybridized carbons (Fsp3) is 0.412. The van der Waals surface area contributed by atoms with Crippen LogP contribution in [0.5, 0.6) is 0 Å². The molecule has 2 aromatic rings. The molecular formula is C17H21ClN4O. The highest BCUT2D eigenvalue weighted by molar-refractivity contribution is 6.33. The van der Waals surface area contributed by atoms with Gasteiger partial charge in [0.2, 0.25) is 0 Å². The Kier molecular flexibility index (Phi) is 4.68. The fourth-order valence-corrected chi connectivity index (χ4v) is 3.24. The number of piperazine rings is 1. The number of halogens is 1. The summed E-state index contributed by atoms with van der Waals surface area (Å²) in [5.41, 5.74) is 2.53. The largest absolute Gasteiger partial charge is 0.336 e. The Morgan fingerprint density at radius 3 is 2.39 bits per heavy atom. The third-order valence-corrected chi connectivity index (χ3v) is 4.71. The van der Waals surface area contributed by atoms with Gasteiger partial charge in [-0.25, -0.2) is 0 Å². The van der Waals surface area contributed by atoms with Crippen molar-refractivity contribution >= 4 is 17.5 Å². The molecule has 0 atom stereocenters. The number of hydrogen-bond acceptors (Lipinski definition) is 3. The zero-order valence-electron chi connectivity index (χ0n) is 13.5. The van der Waals surface area contributed by atoms with Gasteiger partial charge >= 0.3 is 0 Å². The van der Waals surface area contributed by atoms with Gasteiger partial charge in [-0.3, -0.25) is 14.4 Å². The van der Waals surface area contributed by atoms with E-state index in [4.69, 9.17) is 11.6 Å². The van der Waals surface area contributed by atoms with Crippen molar-refractivity contribution in [2.75, 3.05) is 26.2 Å². The Morgan fingerprint density at radius 1 is 1.17 bits per heavy atom. The van der Waals surface area contributed by atoms with Gasteiger partial charge in [0, 0.05) is 39.8 Å². The van der Waals surface area contributed by atoms with Crippen LogP contribution in [0.3, 0.4) is 0 Å². The van der Waals surface area contributed by atoms with Gasteiger partial charge in [-0.05, 0) is 12.5 Å². The summed E-state index contributed by atoms with van der Waals surface area (Å²) in [5.74, 6) is -0.0139. The second kappa shape index (κ2) is 6.72. The molecule has 0 radical (unpaired) electrons. The molecule has 0 N–H and O–H groups in total. The highest BCUT2D eigenvalue weighted by Crippen LogP contribution is 2.21. The minimum absolute atomic E-state index is 0.0139. The highest BCUT2D eigenvalue weighted by Gasteiger charge is 2.27. The molecule has 1 aliphatic rings. The van der Waals surface area contributed by atoms with E-state index in [0.29, 0.717) is 16.4 Å². The Hall–Kier alpha value is -1.85. The van der Waals surface area contributed by atoms with Gasteiger partial charge in [-0.1, -0.05) is 41.9 Å². The van der Waals surface area contributed by atoms with Gasteiger partial charge in [-0.2, -0.15) is 5.10 Å². The van der Waals surface area contributed by atoms with E-state index < -0.39 is 0 Å². The average molecular weight is 333 g/mol. The van der Waals surface area contributed by atoms with Gasteiger partial charge < -0.3 is 4.90 Å². The van der Waals surface area contributed by atoms with Crippen LogP contribution in [0, 0.1) is 6.92 Å². The monoisotopic (exact) mass is 332 g/mol. The van der Waals surface area contributed by atoms with Crippen molar-refractivity contribution in [1.82, 2.24) is 19.6 Å². The summed E-state index contributed by atoms with van der Waals surface area (Å²) in [6.07, 6.45) is 0. The number of hydrogen-bond donors (Lipinski definition) is 0. The Labute approximate surface area is 141 Å². The maximum absolute atomic E-state index is 12.7. The summed E-state index contributed by atoms with van der Waals surface area (Å²) in [7, 11) is 1.75. The van der Waals surface area contributed by atoms with Gasteiger partial charge in [0.15, 0.2) is 0 Å². The molecule has 1 amide bonds. The van der Waals surface area contributed by atoms with Crippen molar-refractivity contribution in [3.63, 3.8) is 0 Å². The zero-order chi connectivity index (χ0) is 16.4. The first kappa shape index (κ1) is 16.0. The van der Waals surface area contributed by atoms with E-state index in [9.17, 15) is 4.79 Å². The summed E-state index contributed by atoms with van der Waals surface area (Å²) in [6.45, 7) is 5.93. The Balaban J connectivity index is 1.61. The van der Waals surface area contributed by atoms with Crippen molar-refractivity contribution in [3.8, 4) is 0 Å². The maximum atomic E-state index is 12.7. The molecular weight excluding hydrogens is 312 g/mol. The van der Waals surface area contributed by atoms with Crippen LogP contribution < -0.4 is 0 Å². The Morgan fingerprint density at radius 2 is 1.83 bits per heavy atom. The van der Waals surface area contributed by atoms with Gasteiger partial charge in [0.1, 0.15) is 5.15 Å². The molecule has 1 aromatic heterocycles. The second-order valence-corrected chi connectivity index (χ2v) is 6.29. The molecule has 5 nitrogen and oxygen atoms in total. The van der Waals surface area contributed by atoms with Crippen molar-refractivity contribution in [3.05, 3.63) is 52.3 Å². The number of rotatable bonds is 3. The number of amides is 1. The lowest BCUT2D eigenvalue weighted by Gasteiger charge is -2.34. The molecule has 2 heterocycles. The second-order valence-electron chi connectivity index (χ2n) is 5.93. The van der Waals surface area contributed by atoms with E-state index in [2.05, 4.69) is 34.3 Å². The number of benzene rings is 1. The quantitative estimate of drug-likeness (QED) is 0.866. The molecule has 6 heteroatoms. The third-order valence-electron chi connectivity index (χ3n) is 4.27. The van der Waals surface area contributed by atoms with E-state index in [1.54, 1.807) is 11.7 Å². The smallest absolute Gasteiger partial charge is 0.258 e. The minimum Gasteiger partial charge on any atom is -0.336 e. The van der Waals surface area contributed by atoms with Crippen LogP contribution in [0.25, 0.3) is 0 Å². The topological polar surface area (TPSA) is 41.4 Å².